The summed E-state index contributed by atoms with van der Waals surface area (Å²) in [6.07, 6.45) is 1.13. The molecule has 1 atom stereocenters. The van der Waals surface area contributed by atoms with Crippen LogP contribution in [0.25, 0.3) is 0 Å². The van der Waals surface area contributed by atoms with Crippen molar-refractivity contribution in [2.45, 2.75) is 12.8 Å². The normalized spacial score (nSPS) is 22.3. The molecule has 80 valence electrons. The number of oxime groups is 1. The Morgan fingerprint density at radius 2 is 2.50 bits per heavy atom. The first kappa shape index (κ1) is 10.8. The van der Waals surface area contributed by atoms with E-state index in [0.717, 1.165) is 6.42 Å². The van der Waals surface area contributed by atoms with Gasteiger partial charge in [-0.15, -0.1) is 0 Å². The fourth-order valence-corrected chi connectivity index (χ4v) is 1.25. The molecule has 0 radical (unpaired) electrons. The second-order valence-corrected chi connectivity index (χ2v) is 3.19. The summed E-state index contributed by atoms with van der Waals surface area (Å²) in [6, 6.07) is 0. The van der Waals surface area contributed by atoms with Gasteiger partial charge in [0.1, 0.15) is 5.84 Å². The topological polar surface area (TPSA) is 96.9 Å². The van der Waals surface area contributed by atoms with Crippen LogP contribution < -0.4 is 11.1 Å². The van der Waals surface area contributed by atoms with E-state index in [-0.39, 0.29) is 17.7 Å². The Morgan fingerprint density at radius 1 is 1.71 bits per heavy atom. The van der Waals surface area contributed by atoms with Crippen molar-refractivity contribution in [3.8, 4) is 0 Å². The summed E-state index contributed by atoms with van der Waals surface area (Å²) in [5.41, 5.74) is 5.24. The Balaban J connectivity index is 2.14. The number of hydrogen-bond acceptors (Lipinski definition) is 4. The van der Waals surface area contributed by atoms with E-state index >= 15 is 0 Å². The zero-order chi connectivity index (χ0) is 10.4. The second-order valence-electron chi connectivity index (χ2n) is 3.19. The lowest BCUT2D eigenvalue weighted by Crippen LogP contribution is -2.33. The summed E-state index contributed by atoms with van der Waals surface area (Å²) < 4.78 is 5.08. The number of rotatable bonds is 4. The quantitative estimate of drug-likeness (QED) is 0.242. The molecule has 1 amide bonds. The molecule has 1 unspecified atom stereocenters. The number of amidine groups is 1. The Kier molecular flexibility index (Phi) is 4.18. The summed E-state index contributed by atoms with van der Waals surface area (Å²) >= 11 is 0. The van der Waals surface area contributed by atoms with Crippen molar-refractivity contribution in [3.63, 3.8) is 0 Å². The van der Waals surface area contributed by atoms with E-state index < -0.39 is 0 Å². The number of hydrogen-bond donors (Lipinski definition) is 3. The highest BCUT2D eigenvalue weighted by atomic mass is 16.5. The van der Waals surface area contributed by atoms with Gasteiger partial charge in [0.2, 0.25) is 5.91 Å². The molecule has 1 saturated heterocycles. The molecule has 0 aromatic rings. The molecule has 14 heavy (non-hydrogen) atoms. The minimum Gasteiger partial charge on any atom is -0.409 e. The van der Waals surface area contributed by atoms with Crippen molar-refractivity contribution in [1.82, 2.24) is 5.32 Å². The third-order valence-corrected chi connectivity index (χ3v) is 2.11. The molecular formula is C8H15N3O3. The smallest absolute Gasteiger partial charge is 0.225 e. The fourth-order valence-electron chi connectivity index (χ4n) is 1.25. The van der Waals surface area contributed by atoms with Crippen LogP contribution in [0.3, 0.4) is 0 Å². The van der Waals surface area contributed by atoms with Gasteiger partial charge >= 0.3 is 0 Å². The van der Waals surface area contributed by atoms with Gasteiger partial charge in [-0.25, -0.2) is 0 Å². The van der Waals surface area contributed by atoms with E-state index in [1.54, 1.807) is 0 Å². The molecule has 0 aromatic carbocycles. The number of nitrogens with one attached hydrogen (secondary N) is 1. The molecule has 0 spiro atoms. The van der Waals surface area contributed by atoms with Crippen molar-refractivity contribution >= 4 is 11.7 Å². The highest BCUT2D eigenvalue weighted by molar-refractivity contribution is 5.82. The molecule has 0 bridgehead atoms. The summed E-state index contributed by atoms with van der Waals surface area (Å²) in [6.45, 7) is 1.54. The average Bonchev–Trinajstić information content (AvgIpc) is 2.70. The van der Waals surface area contributed by atoms with Gasteiger partial charge in [0.05, 0.1) is 12.5 Å². The molecule has 1 aliphatic heterocycles. The maximum Gasteiger partial charge on any atom is 0.225 e. The monoisotopic (exact) mass is 201 g/mol. The molecule has 6 nitrogen and oxygen atoms in total. The largest absolute Gasteiger partial charge is 0.409 e. The maximum absolute atomic E-state index is 11.4. The molecule has 6 heteroatoms. The van der Waals surface area contributed by atoms with Gasteiger partial charge in [-0.3, -0.25) is 4.79 Å². The molecule has 1 fully saturated rings. The first-order chi connectivity index (χ1) is 6.74. The minimum atomic E-state index is -0.0395. The second kappa shape index (κ2) is 5.43. The first-order valence-electron chi connectivity index (χ1n) is 4.56. The number of amides is 1. The molecule has 0 saturated carbocycles. The zero-order valence-corrected chi connectivity index (χ0v) is 7.90. The van der Waals surface area contributed by atoms with Crippen molar-refractivity contribution in [1.29, 1.82) is 0 Å². The first-order valence-corrected chi connectivity index (χ1v) is 4.56. The third-order valence-electron chi connectivity index (χ3n) is 2.11. The van der Waals surface area contributed by atoms with Gasteiger partial charge in [0.15, 0.2) is 0 Å². The number of ether oxygens (including phenoxy) is 1. The van der Waals surface area contributed by atoms with Crippen LogP contribution in [0.1, 0.15) is 12.8 Å². The van der Waals surface area contributed by atoms with E-state index in [1.165, 1.54) is 0 Å². The van der Waals surface area contributed by atoms with Gasteiger partial charge in [0, 0.05) is 19.6 Å². The van der Waals surface area contributed by atoms with Gasteiger partial charge in [0.25, 0.3) is 0 Å². The maximum atomic E-state index is 11.4. The SMILES string of the molecule is NC(CCNC(=O)C1CCOC1)=NO. The lowest BCUT2D eigenvalue weighted by Gasteiger charge is -2.08. The van der Waals surface area contributed by atoms with Crippen molar-refractivity contribution in [2.75, 3.05) is 19.8 Å². The number of carbonyl (C=O) groups is 1. The van der Waals surface area contributed by atoms with Gasteiger partial charge in [-0.1, -0.05) is 5.16 Å². The average molecular weight is 201 g/mol. The van der Waals surface area contributed by atoms with E-state index in [0.29, 0.717) is 26.2 Å². The van der Waals surface area contributed by atoms with Crippen molar-refractivity contribution < 1.29 is 14.7 Å². The Hall–Kier alpha value is -1.30. The minimum absolute atomic E-state index is 0.0201. The molecule has 0 aliphatic carbocycles. The highest BCUT2D eigenvalue weighted by Gasteiger charge is 2.22. The van der Waals surface area contributed by atoms with Crippen molar-refractivity contribution in [2.24, 2.45) is 16.8 Å². The van der Waals surface area contributed by atoms with Gasteiger partial charge in [-0.05, 0) is 6.42 Å². The van der Waals surface area contributed by atoms with Crippen LogP contribution in [0.4, 0.5) is 0 Å². The standard InChI is InChI=1S/C8H15N3O3/c9-7(11-13)1-3-10-8(12)6-2-4-14-5-6/h6,13H,1-5H2,(H2,9,11)(H,10,12). The van der Waals surface area contributed by atoms with Crippen LogP contribution in [0.5, 0.6) is 0 Å². The molecule has 0 aromatic heterocycles. The Morgan fingerprint density at radius 3 is 3.07 bits per heavy atom. The lowest BCUT2D eigenvalue weighted by molar-refractivity contribution is -0.124. The summed E-state index contributed by atoms with van der Waals surface area (Å²) in [4.78, 5) is 11.4. The van der Waals surface area contributed by atoms with Crippen LogP contribution in [0.15, 0.2) is 5.16 Å². The van der Waals surface area contributed by atoms with E-state index in [4.69, 9.17) is 15.7 Å². The predicted octanol–water partition coefficient (Wildman–Crippen LogP) is -0.724. The van der Waals surface area contributed by atoms with Crippen LogP contribution in [0.2, 0.25) is 0 Å². The number of nitrogens with two attached hydrogens (primary N) is 1. The molecular weight excluding hydrogens is 186 g/mol. The fraction of sp³-hybridized carbons (Fsp3) is 0.750. The van der Waals surface area contributed by atoms with E-state index in [1.807, 2.05) is 0 Å². The van der Waals surface area contributed by atoms with Crippen molar-refractivity contribution in [3.05, 3.63) is 0 Å². The highest BCUT2D eigenvalue weighted by Crippen LogP contribution is 2.11. The van der Waals surface area contributed by atoms with E-state index in [2.05, 4.69) is 10.5 Å². The Labute approximate surface area is 82.1 Å². The zero-order valence-electron chi connectivity index (χ0n) is 7.90. The predicted molar refractivity (Wildman–Crippen MR) is 50.0 cm³/mol. The van der Waals surface area contributed by atoms with Crippen LogP contribution >= 0.6 is 0 Å². The van der Waals surface area contributed by atoms with Gasteiger partial charge < -0.3 is 21.0 Å². The van der Waals surface area contributed by atoms with Crippen LogP contribution in [0, 0.1) is 5.92 Å². The van der Waals surface area contributed by atoms with Crippen LogP contribution in [-0.2, 0) is 9.53 Å². The molecule has 1 heterocycles. The van der Waals surface area contributed by atoms with E-state index in [9.17, 15) is 4.79 Å². The molecule has 4 N–H and O–H groups in total. The molecule has 1 aliphatic rings. The Bertz CT molecular complexity index is 224. The summed E-state index contributed by atoms with van der Waals surface area (Å²) in [7, 11) is 0. The van der Waals surface area contributed by atoms with Crippen LogP contribution in [-0.4, -0.2) is 36.7 Å². The molecule has 1 rings (SSSR count). The number of nitrogens with zero attached hydrogens (tertiary/aromatic N) is 1. The summed E-state index contributed by atoms with van der Waals surface area (Å²) in [5, 5.41) is 13.7. The lowest BCUT2D eigenvalue weighted by atomic mass is 10.1. The summed E-state index contributed by atoms with van der Waals surface area (Å²) in [5.74, 6) is 0.0588. The third kappa shape index (κ3) is 3.21. The van der Waals surface area contributed by atoms with Gasteiger partial charge in [-0.2, -0.15) is 0 Å². The number of carbonyl (C=O) groups excluding carboxylic acids is 1.